The lowest BCUT2D eigenvalue weighted by molar-refractivity contribution is -0.146. The molecule has 1 aliphatic heterocycles. The summed E-state index contributed by atoms with van der Waals surface area (Å²) in [5.74, 6) is 0.565. The Labute approximate surface area is 107 Å². The molecule has 0 atom stereocenters. The van der Waals surface area contributed by atoms with Gasteiger partial charge in [-0.2, -0.15) is 0 Å². The third-order valence-corrected chi connectivity index (χ3v) is 4.19. The molecule has 1 heterocycles. The summed E-state index contributed by atoms with van der Waals surface area (Å²) in [6.45, 7) is 5.30. The molecule has 3 N–H and O–H groups in total. The highest BCUT2D eigenvalue weighted by Gasteiger charge is 2.53. The molecule has 0 aromatic carbocycles. The van der Waals surface area contributed by atoms with Crippen molar-refractivity contribution < 1.29 is 10.0 Å². The molecule has 0 radical (unpaired) electrons. The summed E-state index contributed by atoms with van der Waals surface area (Å²) in [6, 6.07) is 0. The van der Waals surface area contributed by atoms with Crippen molar-refractivity contribution >= 4 is 11.7 Å². The summed E-state index contributed by atoms with van der Waals surface area (Å²) in [5.41, 5.74) is 5.01. The van der Waals surface area contributed by atoms with Gasteiger partial charge < -0.3 is 20.7 Å². The van der Waals surface area contributed by atoms with Crippen LogP contribution in [0.5, 0.6) is 0 Å². The van der Waals surface area contributed by atoms with Gasteiger partial charge in [0.05, 0.1) is 0 Å². The lowest BCUT2D eigenvalue weighted by Crippen LogP contribution is -2.60. The zero-order chi connectivity index (χ0) is 13.3. The highest BCUT2D eigenvalue weighted by Crippen LogP contribution is 2.47. The van der Waals surface area contributed by atoms with Gasteiger partial charge in [0.25, 0.3) is 0 Å². The molecule has 0 bridgehead atoms. The first-order chi connectivity index (χ1) is 8.49. The van der Waals surface area contributed by atoms with Crippen molar-refractivity contribution in [3.8, 4) is 0 Å². The first-order valence-electron chi connectivity index (χ1n) is 6.45. The van der Waals surface area contributed by atoms with Crippen LogP contribution in [0.25, 0.3) is 0 Å². The number of carbonyl (C=O) groups is 1. The number of amides is 1. The Kier molecular flexibility index (Phi) is 3.47. The largest absolute Gasteiger partial charge is 0.409 e. The SMILES string of the molecule is CC1CC(C(=O)N2CCN(C)CC2)(C(N)=NO)C1. The minimum Gasteiger partial charge on any atom is -0.409 e. The van der Waals surface area contributed by atoms with Crippen molar-refractivity contribution in [1.82, 2.24) is 9.80 Å². The standard InChI is InChI=1S/C12H22N4O2/c1-9-7-12(8-9,10(13)14-18)11(17)16-5-3-15(2)4-6-16/h9,18H,3-8H2,1-2H3,(H2,13,14). The molecule has 0 aromatic heterocycles. The molecule has 2 fully saturated rings. The van der Waals surface area contributed by atoms with E-state index >= 15 is 0 Å². The van der Waals surface area contributed by atoms with Crippen molar-refractivity contribution in [2.45, 2.75) is 19.8 Å². The van der Waals surface area contributed by atoms with Crippen LogP contribution >= 0.6 is 0 Å². The van der Waals surface area contributed by atoms with Gasteiger partial charge >= 0.3 is 0 Å². The predicted molar refractivity (Wildman–Crippen MR) is 68.3 cm³/mol. The second kappa shape index (κ2) is 4.76. The lowest BCUT2D eigenvalue weighted by atomic mass is 9.61. The monoisotopic (exact) mass is 254 g/mol. The summed E-state index contributed by atoms with van der Waals surface area (Å²) < 4.78 is 0. The Morgan fingerprint density at radius 1 is 1.33 bits per heavy atom. The number of rotatable bonds is 2. The third-order valence-electron chi connectivity index (χ3n) is 4.19. The molecule has 0 aromatic rings. The molecule has 18 heavy (non-hydrogen) atoms. The van der Waals surface area contributed by atoms with Gasteiger partial charge in [-0.05, 0) is 25.8 Å². The Bertz CT molecular complexity index is 355. The van der Waals surface area contributed by atoms with E-state index in [9.17, 15) is 4.79 Å². The van der Waals surface area contributed by atoms with Crippen LogP contribution in [0.2, 0.25) is 0 Å². The molecule has 2 aliphatic rings. The molecule has 2 rings (SSSR count). The Morgan fingerprint density at radius 3 is 2.33 bits per heavy atom. The number of nitrogens with zero attached hydrogens (tertiary/aromatic N) is 3. The Morgan fingerprint density at radius 2 is 1.89 bits per heavy atom. The van der Waals surface area contributed by atoms with Crippen LogP contribution in [-0.2, 0) is 4.79 Å². The average Bonchev–Trinajstić information content (AvgIpc) is 2.34. The first-order valence-corrected chi connectivity index (χ1v) is 6.45. The van der Waals surface area contributed by atoms with E-state index in [0.29, 0.717) is 18.8 Å². The van der Waals surface area contributed by atoms with Crippen molar-refractivity contribution in [2.24, 2.45) is 22.2 Å². The maximum Gasteiger partial charge on any atom is 0.236 e. The minimum absolute atomic E-state index is 0.0315. The fourth-order valence-electron chi connectivity index (χ4n) is 3.03. The van der Waals surface area contributed by atoms with Gasteiger partial charge in [0, 0.05) is 26.2 Å². The molecular weight excluding hydrogens is 232 g/mol. The van der Waals surface area contributed by atoms with Gasteiger partial charge in [-0.3, -0.25) is 4.79 Å². The molecule has 1 amide bonds. The van der Waals surface area contributed by atoms with Crippen molar-refractivity contribution in [2.75, 3.05) is 33.2 Å². The van der Waals surface area contributed by atoms with E-state index in [1.54, 1.807) is 0 Å². The smallest absolute Gasteiger partial charge is 0.236 e. The third kappa shape index (κ3) is 2.05. The number of oxime groups is 1. The molecule has 0 unspecified atom stereocenters. The zero-order valence-corrected chi connectivity index (χ0v) is 11.1. The van der Waals surface area contributed by atoms with Crippen LogP contribution in [0.3, 0.4) is 0 Å². The van der Waals surface area contributed by atoms with Gasteiger partial charge in [-0.25, -0.2) is 0 Å². The normalized spacial score (nSPS) is 34.2. The molecule has 0 spiro atoms. The average molecular weight is 254 g/mol. The topological polar surface area (TPSA) is 82.2 Å². The minimum atomic E-state index is -0.746. The van der Waals surface area contributed by atoms with Crippen LogP contribution in [0.1, 0.15) is 19.8 Å². The molecule has 1 aliphatic carbocycles. The second-order valence-electron chi connectivity index (χ2n) is 5.68. The van der Waals surface area contributed by atoms with Crippen LogP contribution in [0, 0.1) is 11.3 Å². The molecular formula is C12H22N4O2. The maximum atomic E-state index is 12.6. The molecule has 6 nitrogen and oxygen atoms in total. The van der Waals surface area contributed by atoms with E-state index in [0.717, 1.165) is 26.2 Å². The Hall–Kier alpha value is -1.30. The molecule has 6 heteroatoms. The van der Waals surface area contributed by atoms with Gasteiger partial charge in [-0.15, -0.1) is 0 Å². The summed E-state index contributed by atoms with van der Waals surface area (Å²) in [6.07, 6.45) is 1.38. The zero-order valence-electron chi connectivity index (χ0n) is 11.1. The number of carbonyl (C=O) groups excluding carboxylic acids is 1. The van der Waals surface area contributed by atoms with Gasteiger partial charge in [0.15, 0.2) is 5.84 Å². The number of hydrogen-bond donors (Lipinski definition) is 2. The fraction of sp³-hybridized carbons (Fsp3) is 0.833. The quantitative estimate of drug-likeness (QED) is 0.312. The summed E-state index contributed by atoms with van der Waals surface area (Å²) >= 11 is 0. The van der Waals surface area contributed by atoms with E-state index in [4.69, 9.17) is 10.9 Å². The molecule has 1 saturated heterocycles. The summed E-state index contributed by atoms with van der Waals surface area (Å²) in [7, 11) is 2.05. The van der Waals surface area contributed by atoms with Crippen LogP contribution in [-0.4, -0.2) is 60.0 Å². The highest BCUT2D eigenvalue weighted by atomic mass is 16.4. The van der Waals surface area contributed by atoms with Crippen LogP contribution in [0.4, 0.5) is 0 Å². The second-order valence-corrected chi connectivity index (χ2v) is 5.68. The highest BCUT2D eigenvalue weighted by molar-refractivity contribution is 6.07. The first kappa shape index (κ1) is 13.1. The van der Waals surface area contributed by atoms with Crippen molar-refractivity contribution in [3.63, 3.8) is 0 Å². The van der Waals surface area contributed by atoms with Gasteiger partial charge in [0.2, 0.25) is 5.91 Å². The van der Waals surface area contributed by atoms with Crippen molar-refractivity contribution in [3.05, 3.63) is 0 Å². The maximum absolute atomic E-state index is 12.6. The number of amidine groups is 1. The number of hydrogen-bond acceptors (Lipinski definition) is 4. The molecule has 1 saturated carbocycles. The fourth-order valence-corrected chi connectivity index (χ4v) is 3.03. The van der Waals surface area contributed by atoms with E-state index in [2.05, 4.69) is 17.0 Å². The predicted octanol–water partition coefficient (Wildman–Crippen LogP) is -0.0769. The van der Waals surface area contributed by atoms with E-state index < -0.39 is 5.41 Å². The number of likely N-dealkylation sites (N-methyl/N-ethyl adjacent to an activating group) is 1. The summed E-state index contributed by atoms with van der Waals surface area (Å²) in [5, 5.41) is 12.0. The van der Waals surface area contributed by atoms with Crippen LogP contribution in [0.15, 0.2) is 5.16 Å². The Balaban J connectivity index is 2.10. The van der Waals surface area contributed by atoms with E-state index in [1.165, 1.54) is 0 Å². The van der Waals surface area contributed by atoms with E-state index in [-0.39, 0.29) is 11.7 Å². The number of nitrogens with two attached hydrogens (primary N) is 1. The van der Waals surface area contributed by atoms with E-state index in [1.807, 2.05) is 11.9 Å². The van der Waals surface area contributed by atoms with Gasteiger partial charge in [-0.1, -0.05) is 12.1 Å². The van der Waals surface area contributed by atoms with Crippen molar-refractivity contribution in [1.29, 1.82) is 0 Å². The summed E-state index contributed by atoms with van der Waals surface area (Å²) in [4.78, 5) is 16.6. The van der Waals surface area contributed by atoms with Gasteiger partial charge in [0.1, 0.15) is 5.41 Å². The number of piperazine rings is 1. The van der Waals surface area contributed by atoms with Crippen LogP contribution < -0.4 is 5.73 Å². The molecule has 102 valence electrons. The lowest BCUT2D eigenvalue weighted by Gasteiger charge is -2.47.